The third-order valence-electron chi connectivity index (χ3n) is 5.56. The van der Waals surface area contributed by atoms with E-state index < -0.39 is 0 Å². The first kappa shape index (κ1) is 17.1. The SMILES string of the molecule is Cc1cccc(N2C(=O)N3CCN(c4nccc(Cl)n4)CC3C2C)c1C. The van der Waals surface area contributed by atoms with Gasteiger partial charge in [0.1, 0.15) is 5.15 Å². The molecule has 2 atom stereocenters. The molecule has 2 fully saturated rings. The number of halogens is 1. The molecule has 2 saturated heterocycles. The maximum Gasteiger partial charge on any atom is 0.325 e. The van der Waals surface area contributed by atoms with Gasteiger partial charge in [0, 0.05) is 31.5 Å². The Morgan fingerprint density at radius 3 is 2.77 bits per heavy atom. The Balaban J connectivity index is 1.62. The minimum Gasteiger partial charge on any atom is -0.337 e. The zero-order valence-electron chi connectivity index (χ0n) is 15.2. The summed E-state index contributed by atoms with van der Waals surface area (Å²) in [4.78, 5) is 27.8. The van der Waals surface area contributed by atoms with Gasteiger partial charge in [0.05, 0.1) is 12.1 Å². The standard InChI is InChI=1S/C19H22ClN5O/c1-12-5-4-6-15(13(12)2)25-14(3)16-11-23(9-10-24(16)19(25)26)18-21-8-7-17(20)22-18/h4-8,14,16H,9-11H2,1-3H3. The fourth-order valence-electron chi connectivity index (χ4n) is 3.93. The molecule has 0 aliphatic carbocycles. The zero-order valence-corrected chi connectivity index (χ0v) is 15.9. The van der Waals surface area contributed by atoms with Crippen molar-refractivity contribution in [1.82, 2.24) is 14.9 Å². The van der Waals surface area contributed by atoms with Crippen LogP contribution in [-0.4, -0.2) is 52.6 Å². The molecule has 4 rings (SSSR count). The third kappa shape index (κ3) is 2.69. The fraction of sp³-hybridized carbons (Fsp3) is 0.421. The first-order valence-electron chi connectivity index (χ1n) is 8.87. The van der Waals surface area contributed by atoms with Gasteiger partial charge in [-0.05, 0) is 44.0 Å². The van der Waals surface area contributed by atoms with Crippen molar-refractivity contribution in [3.63, 3.8) is 0 Å². The van der Waals surface area contributed by atoms with Crippen molar-refractivity contribution >= 4 is 29.3 Å². The van der Waals surface area contributed by atoms with Crippen LogP contribution in [-0.2, 0) is 0 Å². The molecule has 3 heterocycles. The van der Waals surface area contributed by atoms with Gasteiger partial charge in [-0.3, -0.25) is 4.90 Å². The lowest BCUT2D eigenvalue weighted by Crippen LogP contribution is -2.54. The number of piperazine rings is 1. The molecule has 7 heteroatoms. The minimum absolute atomic E-state index is 0.0741. The number of hydrogen-bond donors (Lipinski definition) is 0. The van der Waals surface area contributed by atoms with Gasteiger partial charge in [0.25, 0.3) is 0 Å². The van der Waals surface area contributed by atoms with Crippen LogP contribution in [0.5, 0.6) is 0 Å². The third-order valence-corrected chi connectivity index (χ3v) is 5.77. The van der Waals surface area contributed by atoms with Crippen LogP contribution in [0.15, 0.2) is 30.5 Å². The van der Waals surface area contributed by atoms with Crippen molar-refractivity contribution in [1.29, 1.82) is 0 Å². The summed E-state index contributed by atoms with van der Waals surface area (Å²) in [6.45, 7) is 8.34. The molecular formula is C19H22ClN5O. The van der Waals surface area contributed by atoms with Crippen LogP contribution in [0.25, 0.3) is 0 Å². The molecule has 2 unspecified atom stereocenters. The Labute approximate surface area is 158 Å². The second-order valence-corrected chi connectivity index (χ2v) is 7.39. The number of hydrogen-bond acceptors (Lipinski definition) is 4. The van der Waals surface area contributed by atoms with E-state index in [0.29, 0.717) is 30.7 Å². The Morgan fingerprint density at radius 1 is 1.19 bits per heavy atom. The lowest BCUT2D eigenvalue weighted by molar-refractivity contribution is 0.195. The highest BCUT2D eigenvalue weighted by molar-refractivity contribution is 6.29. The van der Waals surface area contributed by atoms with Crippen molar-refractivity contribution in [3.05, 3.63) is 46.7 Å². The van der Waals surface area contributed by atoms with E-state index >= 15 is 0 Å². The summed E-state index contributed by atoms with van der Waals surface area (Å²) in [5.41, 5.74) is 3.35. The van der Waals surface area contributed by atoms with E-state index in [-0.39, 0.29) is 18.1 Å². The number of rotatable bonds is 2. The summed E-state index contributed by atoms with van der Waals surface area (Å²) in [5, 5.41) is 0.435. The first-order valence-corrected chi connectivity index (χ1v) is 9.24. The van der Waals surface area contributed by atoms with Crippen LogP contribution in [0.3, 0.4) is 0 Å². The Morgan fingerprint density at radius 2 is 2.00 bits per heavy atom. The van der Waals surface area contributed by atoms with Crippen molar-refractivity contribution in [2.24, 2.45) is 0 Å². The maximum absolute atomic E-state index is 13.1. The number of fused-ring (bicyclic) bond motifs is 1. The number of anilines is 2. The number of carbonyl (C=O) groups is 1. The van der Waals surface area contributed by atoms with Gasteiger partial charge in [0.15, 0.2) is 0 Å². The molecule has 0 radical (unpaired) electrons. The summed E-state index contributed by atoms with van der Waals surface area (Å²) in [5.74, 6) is 0.627. The van der Waals surface area contributed by atoms with Crippen molar-refractivity contribution in [2.45, 2.75) is 32.9 Å². The van der Waals surface area contributed by atoms with Crippen LogP contribution in [0.1, 0.15) is 18.1 Å². The number of nitrogens with zero attached hydrogens (tertiary/aromatic N) is 5. The van der Waals surface area contributed by atoms with Gasteiger partial charge in [0.2, 0.25) is 5.95 Å². The summed E-state index contributed by atoms with van der Waals surface area (Å²) >= 11 is 6.01. The summed E-state index contributed by atoms with van der Waals surface area (Å²) in [6, 6.07) is 8.06. The smallest absolute Gasteiger partial charge is 0.325 e. The number of amides is 2. The quantitative estimate of drug-likeness (QED) is 0.760. The molecular weight excluding hydrogens is 350 g/mol. The number of aromatic nitrogens is 2. The lowest BCUT2D eigenvalue weighted by Gasteiger charge is -2.37. The van der Waals surface area contributed by atoms with Gasteiger partial charge in [-0.2, -0.15) is 0 Å². The molecule has 1 aromatic carbocycles. The summed E-state index contributed by atoms with van der Waals surface area (Å²) in [7, 11) is 0. The molecule has 136 valence electrons. The molecule has 0 bridgehead atoms. The van der Waals surface area contributed by atoms with Crippen LogP contribution in [0.4, 0.5) is 16.4 Å². The molecule has 0 spiro atoms. The van der Waals surface area contributed by atoms with E-state index in [1.807, 2.05) is 21.9 Å². The monoisotopic (exact) mass is 371 g/mol. The van der Waals surface area contributed by atoms with Gasteiger partial charge in [-0.25, -0.2) is 14.8 Å². The fourth-order valence-corrected chi connectivity index (χ4v) is 4.06. The van der Waals surface area contributed by atoms with Gasteiger partial charge in [-0.15, -0.1) is 0 Å². The maximum atomic E-state index is 13.1. The van der Waals surface area contributed by atoms with Crippen LogP contribution >= 0.6 is 11.6 Å². The van der Waals surface area contributed by atoms with E-state index in [2.05, 4.69) is 41.7 Å². The highest BCUT2D eigenvalue weighted by atomic mass is 35.5. The number of benzene rings is 1. The van der Waals surface area contributed by atoms with Crippen molar-refractivity contribution in [3.8, 4) is 0 Å². The Bertz CT molecular complexity index is 858. The van der Waals surface area contributed by atoms with Gasteiger partial charge < -0.3 is 9.80 Å². The normalized spacial score (nSPS) is 22.8. The Hall–Kier alpha value is -2.34. The van der Waals surface area contributed by atoms with Crippen LogP contribution in [0, 0.1) is 13.8 Å². The molecule has 0 saturated carbocycles. The topological polar surface area (TPSA) is 52.6 Å². The lowest BCUT2D eigenvalue weighted by atomic mass is 10.0. The van der Waals surface area contributed by atoms with E-state index in [4.69, 9.17) is 11.6 Å². The zero-order chi connectivity index (χ0) is 18.4. The van der Waals surface area contributed by atoms with Gasteiger partial charge >= 0.3 is 6.03 Å². The van der Waals surface area contributed by atoms with E-state index in [1.165, 1.54) is 5.56 Å². The van der Waals surface area contributed by atoms with Crippen LogP contribution < -0.4 is 9.80 Å². The molecule has 6 nitrogen and oxygen atoms in total. The number of urea groups is 1. The second kappa shape index (κ2) is 6.43. The molecule has 2 aliphatic heterocycles. The molecule has 2 amide bonds. The molecule has 26 heavy (non-hydrogen) atoms. The second-order valence-electron chi connectivity index (χ2n) is 7.00. The largest absolute Gasteiger partial charge is 0.337 e. The van der Waals surface area contributed by atoms with Crippen molar-refractivity contribution < 1.29 is 4.79 Å². The molecule has 0 N–H and O–H groups in total. The predicted molar refractivity (Wildman–Crippen MR) is 103 cm³/mol. The van der Waals surface area contributed by atoms with E-state index in [0.717, 1.165) is 11.3 Å². The molecule has 2 aliphatic rings. The highest BCUT2D eigenvalue weighted by Crippen LogP contribution is 2.34. The predicted octanol–water partition coefficient (Wildman–Crippen LogP) is 3.27. The average Bonchev–Trinajstić information content (AvgIpc) is 2.88. The number of aryl methyl sites for hydroxylation is 1. The summed E-state index contributed by atoms with van der Waals surface area (Å²) < 4.78 is 0. The molecule has 2 aromatic rings. The van der Waals surface area contributed by atoms with Crippen molar-refractivity contribution in [2.75, 3.05) is 29.4 Å². The average molecular weight is 372 g/mol. The minimum atomic E-state index is 0.0741. The molecule has 1 aromatic heterocycles. The van der Waals surface area contributed by atoms with Gasteiger partial charge in [-0.1, -0.05) is 23.7 Å². The highest BCUT2D eigenvalue weighted by Gasteiger charge is 2.47. The van der Waals surface area contributed by atoms with Crippen LogP contribution in [0.2, 0.25) is 5.15 Å². The van der Waals surface area contributed by atoms with E-state index in [1.54, 1.807) is 12.3 Å². The number of carbonyl (C=O) groups excluding carboxylic acids is 1. The Kier molecular flexibility index (Phi) is 4.23. The van der Waals surface area contributed by atoms with E-state index in [9.17, 15) is 4.79 Å². The first-order chi connectivity index (χ1) is 12.5. The summed E-state index contributed by atoms with van der Waals surface area (Å²) in [6.07, 6.45) is 1.67.